The molecule has 2 aromatic rings. The topological polar surface area (TPSA) is 82.9 Å². The first-order chi connectivity index (χ1) is 13.9. The minimum atomic E-state index is -3.88. The summed E-state index contributed by atoms with van der Waals surface area (Å²) >= 11 is 0. The Hall–Kier alpha value is -2.23. The lowest BCUT2D eigenvalue weighted by atomic mass is 10.1. The van der Waals surface area contributed by atoms with Gasteiger partial charge in [0.15, 0.2) is 0 Å². The fourth-order valence-electron chi connectivity index (χ4n) is 3.46. The van der Waals surface area contributed by atoms with Crippen LogP contribution in [-0.4, -0.2) is 56.8 Å². The lowest BCUT2D eigenvalue weighted by Crippen LogP contribution is -2.43. The van der Waals surface area contributed by atoms with Crippen LogP contribution < -0.4 is 5.32 Å². The van der Waals surface area contributed by atoms with Gasteiger partial charge in [-0.2, -0.15) is 4.31 Å². The van der Waals surface area contributed by atoms with Gasteiger partial charge in [-0.25, -0.2) is 12.8 Å². The highest BCUT2D eigenvalue weighted by atomic mass is 32.2. The Bertz CT molecular complexity index is 894. The molecule has 0 bridgehead atoms. The Morgan fingerprint density at radius 2 is 1.90 bits per heavy atom. The van der Waals surface area contributed by atoms with E-state index in [1.165, 1.54) is 25.6 Å². The number of carbonyl (C=O) groups excluding carboxylic acids is 1. The fourth-order valence-corrected chi connectivity index (χ4v) is 4.59. The molecule has 1 fully saturated rings. The van der Waals surface area contributed by atoms with Crippen molar-refractivity contribution in [2.45, 2.75) is 30.2 Å². The summed E-state index contributed by atoms with van der Waals surface area (Å²) in [5.74, 6) is -0.155. The van der Waals surface area contributed by atoms with Crippen molar-refractivity contribution in [2.24, 2.45) is 0 Å². The molecule has 1 unspecified atom stereocenters. The van der Waals surface area contributed by atoms with Crippen molar-refractivity contribution >= 4 is 15.9 Å². The van der Waals surface area contributed by atoms with Gasteiger partial charge in [-0.1, -0.05) is 6.42 Å². The van der Waals surface area contributed by atoms with Gasteiger partial charge in [0.25, 0.3) is 0 Å². The quantitative estimate of drug-likeness (QED) is 0.705. The van der Waals surface area contributed by atoms with E-state index in [1.807, 2.05) is 12.1 Å². The monoisotopic (exact) mass is 423 g/mol. The van der Waals surface area contributed by atoms with Crippen LogP contribution >= 0.6 is 0 Å². The maximum absolute atomic E-state index is 13.0. The number of furan rings is 1. The van der Waals surface area contributed by atoms with Crippen LogP contribution in [0.5, 0.6) is 0 Å². The normalized spacial score (nSPS) is 16.7. The lowest BCUT2D eigenvalue weighted by molar-refractivity contribution is -0.121. The van der Waals surface area contributed by atoms with E-state index in [9.17, 15) is 17.6 Å². The number of amides is 1. The van der Waals surface area contributed by atoms with Crippen molar-refractivity contribution in [2.75, 3.05) is 33.2 Å². The van der Waals surface area contributed by atoms with Crippen molar-refractivity contribution < 1.29 is 22.0 Å². The largest absolute Gasteiger partial charge is 0.468 e. The second-order valence-corrected chi connectivity index (χ2v) is 9.19. The second kappa shape index (κ2) is 9.51. The first kappa shape index (κ1) is 21.5. The Kier molecular flexibility index (Phi) is 7.05. The minimum absolute atomic E-state index is 0.0593. The number of carbonyl (C=O) groups is 1. The summed E-state index contributed by atoms with van der Waals surface area (Å²) in [5.41, 5.74) is 0. The van der Waals surface area contributed by atoms with E-state index in [4.69, 9.17) is 4.42 Å². The standard InChI is InChI=1S/C20H26FN3O4S/c1-23(29(26,27)17-9-7-16(21)8-10-17)15-20(25)22-14-18(19-6-5-13-28-19)24-11-3-2-4-12-24/h5-10,13,18H,2-4,11-12,14-15H2,1H3,(H,22,25). The van der Waals surface area contributed by atoms with Gasteiger partial charge < -0.3 is 9.73 Å². The molecule has 1 aliphatic rings. The molecular weight excluding hydrogens is 397 g/mol. The van der Waals surface area contributed by atoms with Crippen LogP contribution in [0.3, 0.4) is 0 Å². The zero-order chi connectivity index (χ0) is 20.9. The predicted molar refractivity (Wildman–Crippen MR) is 106 cm³/mol. The van der Waals surface area contributed by atoms with Crippen molar-refractivity contribution in [3.63, 3.8) is 0 Å². The second-order valence-electron chi connectivity index (χ2n) is 7.15. The van der Waals surface area contributed by atoms with Gasteiger partial charge in [-0.15, -0.1) is 0 Å². The molecule has 0 aliphatic carbocycles. The molecule has 2 heterocycles. The Morgan fingerprint density at radius 3 is 2.52 bits per heavy atom. The maximum atomic E-state index is 13.0. The van der Waals surface area contributed by atoms with E-state index in [1.54, 1.807) is 6.26 Å². The van der Waals surface area contributed by atoms with Gasteiger partial charge in [0, 0.05) is 13.6 Å². The average Bonchev–Trinajstić information content (AvgIpc) is 3.24. The van der Waals surface area contributed by atoms with Crippen molar-refractivity contribution in [3.8, 4) is 0 Å². The highest BCUT2D eigenvalue weighted by Crippen LogP contribution is 2.24. The summed E-state index contributed by atoms with van der Waals surface area (Å²) < 4.78 is 44.7. The molecule has 7 nitrogen and oxygen atoms in total. The first-order valence-electron chi connectivity index (χ1n) is 9.64. The summed E-state index contributed by atoms with van der Waals surface area (Å²) in [6.07, 6.45) is 5.00. The third-order valence-electron chi connectivity index (χ3n) is 5.08. The highest BCUT2D eigenvalue weighted by molar-refractivity contribution is 7.89. The number of sulfonamides is 1. The van der Waals surface area contributed by atoms with E-state index in [2.05, 4.69) is 10.2 Å². The zero-order valence-corrected chi connectivity index (χ0v) is 17.2. The van der Waals surface area contributed by atoms with Crippen LogP contribution in [0, 0.1) is 5.82 Å². The first-order valence-corrected chi connectivity index (χ1v) is 11.1. The molecule has 3 rings (SSSR count). The van der Waals surface area contributed by atoms with Crippen molar-refractivity contribution in [1.29, 1.82) is 0 Å². The van der Waals surface area contributed by atoms with Crippen LogP contribution in [0.4, 0.5) is 4.39 Å². The number of likely N-dealkylation sites (N-methyl/N-ethyl adjacent to an activating group) is 1. The molecular formula is C20H26FN3O4S. The van der Waals surface area contributed by atoms with Gasteiger partial charge >= 0.3 is 0 Å². The molecule has 0 saturated carbocycles. The number of benzene rings is 1. The number of hydrogen-bond donors (Lipinski definition) is 1. The van der Waals surface area contributed by atoms with Crippen LogP contribution in [-0.2, 0) is 14.8 Å². The molecule has 1 atom stereocenters. The average molecular weight is 424 g/mol. The summed E-state index contributed by atoms with van der Waals surface area (Å²) in [4.78, 5) is 14.6. The number of likely N-dealkylation sites (tertiary alicyclic amines) is 1. The van der Waals surface area contributed by atoms with Gasteiger partial charge in [0.1, 0.15) is 11.6 Å². The highest BCUT2D eigenvalue weighted by Gasteiger charge is 2.26. The molecule has 1 amide bonds. The molecule has 0 radical (unpaired) electrons. The minimum Gasteiger partial charge on any atom is -0.468 e. The third-order valence-corrected chi connectivity index (χ3v) is 6.90. The number of piperidine rings is 1. The van der Waals surface area contributed by atoms with Crippen LogP contribution in [0.2, 0.25) is 0 Å². The van der Waals surface area contributed by atoms with Crippen LogP contribution in [0.25, 0.3) is 0 Å². The number of halogens is 1. The Labute approximate surface area is 170 Å². The van der Waals surface area contributed by atoms with E-state index in [-0.39, 0.29) is 17.5 Å². The molecule has 158 valence electrons. The van der Waals surface area contributed by atoms with E-state index >= 15 is 0 Å². The summed E-state index contributed by atoms with van der Waals surface area (Å²) in [6.45, 7) is 1.86. The summed E-state index contributed by atoms with van der Waals surface area (Å²) in [6, 6.07) is 8.13. The number of hydrogen-bond acceptors (Lipinski definition) is 5. The van der Waals surface area contributed by atoms with Crippen LogP contribution in [0.1, 0.15) is 31.1 Å². The molecule has 29 heavy (non-hydrogen) atoms. The molecule has 1 N–H and O–H groups in total. The molecule has 1 aromatic heterocycles. The maximum Gasteiger partial charge on any atom is 0.243 e. The van der Waals surface area contributed by atoms with E-state index < -0.39 is 21.7 Å². The van der Waals surface area contributed by atoms with Gasteiger partial charge in [0.05, 0.1) is 23.7 Å². The van der Waals surface area contributed by atoms with Crippen LogP contribution in [0.15, 0.2) is 52.0 Å². The fraction of sp³-hybridized carbons (Fsp3) is 0.450. The zero-order valence-electron chi connectivity index (χ0n) is 16.4. The SMILES string of the molecule is CN(CC(=O)NCC(c1ccco1)N1CCCCC1)S(=O)(=O)c1ccc(F)cc1. The Balaban J connectivity index is 1.60. The van der Waals surface area contributed by atoms with Gasteiger partial charge in [-0.3, -0.25) is 9.69 Å². The lowest BCUT2D eigenvalue weighted by Gasteiger charge is -2.33. The summed E-state index contributed by atoms with van der Waals surface area (Å²) in [5, 5.41) is 2.83. The number of nitrogens with one attached hydrogen (secondary N) is 1. The van der Waals surface area contributed by atoms with Crippen molar-refractivity contribution in [3.05, 3.63) is 54.2 Å². The predicted octanol–water partition coefficient (Wildman–Crippen LogP) is 2.38. The molecule has 1 aliphatic heterocycles. The smallest absolute Gasteiger partial charge is 0.243 e. The van der Waals surface area contributed by atoms with E-state index in [0.29, 0.717) is 6.54 Å². The number of nitrogens with zero attached hydrogens (tertiary/aromatic N) is 2. The summed E-state index contributed by atoms with van der Waals surface area (Å²) in [7, 11) is -2.55. The molecule has 0 spiro atoms. The van der Waals surface area contributed by atoms with E-state index in [0.717, 1.165) is 48.1 Å². The third kappa shape index (κ3) is 5.43. The van der Waals surface area contributed by atoms with Gasteiger partial charge in [-0.05, 0) is 62.3 Å². The Morgan fingerprint density at radius 1 is 1.21 bits per heavy atom. The molecule has 1 saturated heterocycles. The van der Waals surface area contributed by atoms with Gasteiger partial charge in [0.2, 0.25) is 15.9 Å². The molecule has 1 aromatic carbocycles. The van der Waals surface area contributed by atoms with Crippen molar-refractivity contribution in [1.82, 2.24) is 14.5 Å². The molecule has 9 heteroatoms. The number of rotatable bonds is 8.